The van der Waals surface area contributed by atoms with Crippen molar-refractivity contribution >= 4 is 0 Å². The zero-order chi connectivity index (χ0) is 12.8. The quantitative estimate of drug-likeness (QED) is 0.824. The highest BCUT2D eigenvalue weighted by Gasteiger charge is 2.16. The van der Waals surface area contributed by atoms with E-state index in [1.54, 1.807) is 0 Å². The summed E-state index contributed by atoms with van der Waals surface area (Å²) in [6, 6.07) is 5.02. The van der Waals surface area contributed by atoms with Gasteiger partial charge < -0.3 is 15.4 Å². The number of hydrogen-bond donors (Lipinski definition) is 2. The lowest BCUT2D eigenvalue weighted by Crippen LogP contribution is -2.44. The summed E-state index contributed by atoms with van der Waals surface area (Å²) in [7, 11) is 0. The number of pyridine rings is 1. The molecular formula is C14H23N3O. The molecule has 4 heteroatoms. The summed E-state index contributed by atoms with van der Waals surface area (Å²) in [6.45, 7) is 7.79. The molecule has 0 radical (unpaired) electrons. The third-order valence-electron chi connectivity index (χ3n) is 3.37. The Kier molecular flexibility index (Phi) is 5.11. The van der Waals surface area contributed by atoms with Gasteiger partial charge in [-0.15, -0.1) is 0 Å². The summed E-state index contributed by atoms with van der Waals surface area (Å²) in [6.07, 6.45) is 2.94. The average Bonchev–Trinajstić information content (AvgIpc) is 2.39. The molecule has 1 fully saturated rings. The first-order valence-corrected chi connectivity index (χ1v) is 6.70. The topological polar surface area (TPSA) is 46.2 Å². The van der Waals surface area contributed by atoms with E-state index in [4.69, 9.17) is 4.74 Å². The summed E-state index contributed by atoms with van der Waals surface area (Å²) in [5.41, 5.74) is 2.38. The summed E-state index contributed by atoms with van der Waals surface area (Å²) in [4.78, 5) is 4.39. The van der Waals surface area contributed by atoms with E-state index < -0.39 is 0 Å². The Balaban J connectivity index is 1.74. The lowest BCUT2D eigenvalue weighted by atomic mass is 10.1. The molecular weight excluding hydrogens is 226 g/mol. The predicted molar refractivity (Wildman–Crippen MR) is 72.5 cm³/mol. The maximum Gasteiger partial charge on any atom is 0.0620 e. The Morgan fingerprint density at radius 2 is 2.50 bits per heavy atom. The monoisotopic (exact) mass is 249 g/mol. The van der Waals surface area contributed by atoms with E-state index in [2.05, 4.69) is 35.5 Å². The first kappa shape index (κ1) is 13.5. The van der Waals surface area contributed by atoms with Crippen LogP contribution in [0.25, 0.3) is 0 Å². The van der Waals surface area contributed by atoms with Gasteiger partial charge in [0.05, 0.1) is 18.9 Å². The Hall–Kier alpha value is -0.970. The van der Waals surface area contributed by atoms with E-state index in [0.29, 0.717) is 12.1 Å². The minimum absolute atomic E-state index is 0.464. The Morgan fingerprint density at radius 1 is 1.61 bits per heavy atom. The second kappa shape index (κ2) is 6.83. The van der Waals surface area contributed by atoms with Crippen LogP contribution in [0.1, 0.15) is 24.6 Å². The number of rotatable bonds is 5. The van der Waals surface area contributed by atoms with Crippen LogP contribution in [0.5, 0.6) is 0 Å². The molecule has 2 rings (SSSR count). The molecule has 2 atom stereocenters. The van der Waals surface area contributed by atoms with Gasteiger partial charge in [-0.3, -0.25) is 4.98 Å². The van der Waals surface area contributed by atoms with Crippen molar-refractivity contribution < 1.29 is 4.74 Å². The highest BCUT2D eigenvalue weighted by Crippen LogP contribution is 2.06. The van der Waals surface area contributed by atoms with E-state index in [1.165, 1.54) is 5.56 Å². The van der Waals surface area contributed by atoms with Gasteiger partial charge in [-0.2, -0.15) is 0 Å². The van der Waals surface area contributed by atoms with Crippen LogP contribution in [0.4, 0.5) is 0 Å². The van der Waals surface area contributed by atoms with Crippen LogP contribution in [0.3, 0.4) is 0 Å². The van der Waals surface area contributed by atoms with E-state index in [0.717, 1.165) is 38.4 Å². The van der Waals surface area contributed by atoms with Crippen molar-refractivity contribution in [2.45, 2.75) is 38.9 Å². The molecule has 2 unspecified atom stereocenters. The van der Waals surface area contributed by atoms with Gasteiger partial charge in [-0.25, -0.2) is 0 Å². The van der Waals surface area contributed by atoms with Gasteiger partial charge in [0.2, 0.25) is 0 Å². The van der Waals surface area contributed by atoms with Crippen molar-refractivity contribution in [2.24, 2.45) is 0 Å². The fourth-order valence-electron chi connectivity index (χ4n) is 2.26. The molecule has 2 N–H and O–H groups in total. The molecule has 1 saturated heterocycles. The van der Waals surface area contributed by atoms with Crippen LogP contribution in [0.2, 0.25) is 0 Å². The van der Waals surface area contributed by atoms with Crippen molar-refractivity contribution in [1.82, 2.24) is 15.6 Å². The van der Waals surface area contributed by atoms with Crippen LogP contribution < -0.4 is 10.6 Å². The van der Waals surface area contributed by atoms with Gasteiger partial charge in [-0.1, -0.05) is 6.07 Å². The van der Waals surface area contributed by atoms with Gasteiger partial charge in [0, 0.05) is 31.4 Å². The maximum absolute atomic E-state index is 5.46. The van der Waals surface area contributed by atoms with Crippen molar-refractivity contribution in [2.75, 3.05) is 19.8 Å². The highest BCUT2D eigenvalue weighted by molar-refractivity contribution is 5.17. The summed E-state index contributed by atoms with van der Waals surface area (Å²) >= 11 is 0. The second-order valence-electron chi connectivity index (χ2n) is 5.01. The number of morpholine rings is 1. The molecule has 1 aromatic rings. The van der Waals surface area contributed by atoms with Crippen molar-refractivity contribution in [3.63, 3.8) is 0 Å². The molecule has 4 nitrogen and oxygen atoms in total. The number of aryl methyl sites for hydroxylation is 1. The SMILES string of the molecule is Cc1cccnc1CNC(C)CC1COCCN1. The smallest absolute Gasteiger partial charge is 0.0620 e. The summed E-state index contributed by atoms with van der Waals surface area (Å²) in [5, 5.41) is 7.01. The highest BCUT2D eigenvalue weighted by atomic mass is 16.5. The first-order valence-electron chi connectivity index (χ1n) is 6.70. The molecule has 0 aromatic carbocycles. The van der Waals surface area contributed by atoms with Gasteiger partial charge >= 0.3 is 0 Å². The molecule has 2 heterocycles. The zero-order valence-corrected chi connectivity index (χ0v) is 11.3. The summed E-state index contributed by atoms with van der Waals surface area (Å²) in [5.74, 6) is 0. The number of nitrogens with zero attached hydrogens (tertiary/aromatic N) is 1. The van der Waals surface area contributed by atoms with Crippen molar-refractivity contribution in [3.05, 3.63) is 29.6 Å². The summed E-state index contributed by atoms with van der Waals surface area (Å²) < 4.78 is 5.46. The maximum atomic E-state index is 5.46. The van der Waals surface area contributed by atoms with Gasteiger partial charge in [0.15, 0.2) is 0 Å². The van der Waals surface area contributed by atoms with Crippen LogP contribution in [-0.4, -0.2) is 36.8 Å². The third-order valence-corrected chi connectivity index (χ3v) is 3.37. The van der Waals surface area contributed by atoms with Crippen LogP contribution in [-0.2, 0) is 11.3 Å². The lowest BCUT2D eigenvalue weighted by molar-refractivity contribution is 0.0712. The molecule has 18 heavy (non-hydrogen) atoms. The molecule has 0 bridgehead atoms. The third kappa shape index (κ3) is 4.05. The van der Waals surface area contributed by atoms with E-state index in [9.17, 15) is 0 Å². The Labute approximate surface area is 109 Å². The van der Waals surface area contributed by atoms with E-state index in [1.807, 2.05) is 12.3 Å². The average molecular weight is 249 g/mol. The molecule has 100 valence electrons. The standard InChI is InChI=1S/C14H23N3O/c1-11-4-3-5-16-14(11)9-17-12(2)8-13-10-18-7-6-15-13/h3-5,12-13,15,17H,6-10H2,1-2H3. The van der Waals surface area contributed by atoms with Gasteiger partial charge in [0.25, 0.3) is 0 Å². The molecule has 0 saturated carbocycles. The molecule has 0 amide bonds. The Morgan fingerprint density at radius 3 is 3.22 bits per heavy atom. The van der Waals surface area contributed by atoms with Crippen LogP contribution in [0, 0.1) is 6.92 Å². The lowest BCUT2D eigenvalue weighted by Gasteiger charge is -2.26. The van der Waals surface area contributed by atoms with Gasteiger partial charge in [0.1, 0.15) is 0 Å². The number of aromatic nitrogens is 1. The fraction of sp³-hybridized carbons (Fsp3) is 0.643. The number of ether oxygens (including phenoxy) is 1. The van der Waals surface area contributed by atoms with E-state index in [-0.39, 0.29) is 0 Å². The molecule has 0 aliphatic carbocycles. The van der Waals surface area contributed by atoms with E-state index >= 15 is 0 Å². The fourth-order valence-corrected chi connectivity index (χ4v) is 2.26. The van der Waals surface area contributed by atoms with Crippen LogP contribution in [0.15, 0.2) is 18.3 Å². The number of nitrogens with one attached hydrogen (secondary N) is 2. The largest absolute Gasteiger partial charge is 0.379 e. The predicted octanol–water partition coefficient (Wildman–Crippen LogP) is 1.25. The first-order chi connectivity index (χ1) is 8.75. The van der Waals surface area contributed by atoms with Crippen molar-refractivity contribution in [3.8, 4) is 0 Å². The molecule has 1 aliphatic heterocycles. The Bertz CT molecular complexity index is 364. The number of hydrogen-bond acceptors (Lipinski definition) is 4. The molecule has 1 aromatic heterocycles. The van der Waals surface area contributed by atoms with Crippen LogP contribution >= 0.6 is 0 Å². The molecule has 1 aliphatic rings. The zero-order valence-electron chi connectivity index (χ0n) is 11.3. The minimum Gasteiger partial charge on any atom is -0.379 e. The minimum atomic E-state index is 0.464. The normalized spacial score (nSPS) is 21.8. The van der Waals surface area contributed by atoms with Gasteiger partial charge in [-0.05, 0) is 31.9 Å². The molecule has 0 spiro atoms. The second-order valence-corrected chi connectivity index (χ2v) is 5.01. The van der Waals surface area contributed by atoms with Crippen molar-refractivity contribution in [1.29, 1.82) is 0 Å².